The van der Waals surface area contributed by atoms with Crippen molar-refractivity contribution in [1.82, 2.24) is 4.90 Å². The van der Waals surface area contributed by atoms with Crippen LogP contribution in [0.3, 0.4) is 0 Å². The van der Waals surface area contributed by atoms with E-state index >= 15 is 0 Å². The van der Waals surface area contributed by atoms with Gasteiger partial charge in [0.25, 0.3) is 0 Å². The van der Waals surface area contributed by atoms with Crippen LogP contribution >= 0.6 is 0 Å². The molecule has 46 heavy (non-hydrogen) atoms. The maximum absolute atomic E-state index is 11.2. The van der Waals surface area contributed by atoms with Gasteiger partial charge in [0.1, 0.15) is 6.29 Å². The van der Waals surface area contributed by atoms with Crippen molar-refractivity contribution in [3.8, 4) is 17.2 Å². The number of likely N-dealkylation sites (tertiary alicyclic amines) is 1. The Morgan fingerprint density at radius 3 is 1.87 bits per heavy atom. The summed E-state index contributed by atoms with van der Waals surface area (Å²) in [5.74, 6) is 2.43. The molecule has 2 atom stereocenters. The van der Waals surface area contributed by atoms with Gasteiger partial charge >= 0.3 is 0 Å². The summed E-state index contributed by atoms with van der Waals surface area (Å²) >= 11 is 0. The number of hydrogen-bond acceptors (Lipinski definition) is 5. The molecule has 5 nitrogen and oxygen atoms in total. The molecule has 2 heterocycles. The van der Waals surface area contributed by atoms with Gasteiger partial charge in [-0.2, -0.15) is 0 Å². The molecule has 0 N–H and O–H groups in total. The van der Waals surface area contributed by atoms with Crippen LogP contribution in [0, 0.1) is 20.8 Å². The first kappa shape index (κ1) is 38.9. The number of nitrogens with zero attached hydrogens (tertiary/aromatic N) is 1. The predicted octanol–water partition coefficient (Wildman–Crippen LogP) is 10.5. The number of rotatable bonds is 9. The molecule has 254 valence electrons. The third-order valence-electron chi connectivity index (χ3n) is 8.86. The third-order valence-corrected chi connectivity index (χ3v) is 8.86. The molecule has 3 aromatic rings. The summed E-state index contributed by atoms with van der Waals surface area (Å²) in [6.45, 7) is 21.2. The first-order chi connectivity index (χ1) is 22.2. The van der Waals surface area contributed by atoms with Crippen LogP contribution < -0.4 is 14.2 Å². The second kappa shape index (κ2) is 20.7. The van der Waals surface area contributed by atoms with Crippen LogP contribution in [0.5, 0.6) is 17.2 Å². The molecule has 0 spiro atoms. The quantitative estimate of drug-likeness (QED) is 0.220. The molecule has 2 aliphatic rings. The molecule has 0 aromatic heterocycles. The first-order valence-electron chi connectivity index (χ1n) is 17.5. The van der Waals surface area contributed by atoms with Gasteiger partial charge in [0.05, 0.1) is 13.7 Å². The fraction of sp³-hybridized carbons (Fsp3) is 0.537. The van der Waals surface area contributed by atoms with Crippen LogP contribution in [0.15, 0.2) is 48.5 Å². The zero-order valence-electron chi connectivity index (χ0n) is 30.5. The highest BCUT2D eigenvalue weighted by atomic mass is 16.7. The SMILES string of the molecule is CCCC.CCCC.CCc1cc(C)cc(CC)c1C.COc1cc(C2C[C@H](c3ccc(C)cc3)N(CC=O)C2)cc2c1OCO2. The van der Waals surface area contributed by atoms with E-state index < -0.39 is 0 Å². The molecule has 2 aliphatic heterocycles. The number of carbonyl (C=O) groups is 1. The van der Waals surface area contributed by atoms with Gasteiger partial charge in [-0.1, -0.05) is 115 Å². The monoisotopic (exact) mass is 631 g/mol. The van der Waals surface area contributed by atoms with E-state index in [1.165, 1.54) is 59.1 Å². The summed E-state index contributed by atoms with van der Waals surface area (Å²) in [6.07, 6.45) is 9.53. The van der Waals surface area contributed by atoms with Crippen molar-refractivity contribution in [1.29, 1.82) is 0 Å². The zero-order chi connectivity index (χ0) is 34.1. The Balaban J connectivity index is 0.000000305. The summed E-state index contributed by atoms with van der Waals surface area (Å²) in [7, 11) is 1.64. The highest BCUT2D eigenvalue weighted by Gasteiger charge is 2.35. The number of ether oxygens (including phenoxy) is 3. The molecule has 1 saturated heterocycles. The standard InChI is InChI=1S/C21H23NO4.C12H18.2C4H10/c1-14-3-5-15(6-4-14)18-9-17(12-22(18)7-8-23)16-10-19(24-2)21-20(11-16)25-13-26-21;1-5-11-7-9(3)8-12(6-2)10(11)4;2*1-3-4-2/h3-6,8,10-11,17-18H,7,9,12-13H2,1-2H3;7-8H,5-6H2,1-4H3;2*3-4H2,1-2H3/t17?,18-;;;/m1.../s1. The van der Waals surface area contributed by atoms with Crippen molar-refractivity contribution in [2.24, 2.45) is 0 Å². The largest absolute Gasteiger partial charge is 0.493 e. The lowest BCUT2D eigenvalue weighted by molar-refractivity contribution is -0.109. The number of carbonyl (C=O) groups excluding carboxylic acids is 1. The normalized spacial score (nSPS) is 16.3. The van der Waals surface area contributed by atoms with E-state index in [-0.39, 0.29) is 12.8 Å². The minimum atomic E-state index is 0.225. The van der Waals surface area contributed by atoms with E-state index in [4.69, 9.17) is 14.2 Å². The average molecular weight is 632 g/mol. The number of aldehydes is 1. The molecule has 5 rings (SSSR count). The van der Waals surface area contributed by atoms with Gasteiger partial charge in [-0.05, 0) is 85.9 Å². The van der Waals surface area contributed by atoms with Crippen molar-refractivity contribution < 1.29 is 19.0 Å². The molecule has 0 aliphatic carbocycles. The van der Waals surface area contributed by atoms with Gasteiger partial charge in [0.2, 0.25) is 12.5 Å². The van der Waals surface area contributed by atoms with Crippen molar-refractivity contribution in [2.45, 2.75) is 119 Å². The molecule has 1 unspecified atom stereocenters. The van der Waals surface area contributed by atoms with Crippen molar-refractivity contribution in [2.75, 3.05) is 27.0 Å². The Morgan fingerprint density at radius 2 is 1.37 bits per heavy atom. The summed E-state index contributed by atoms with van der Waals surface area (Å²) < 4.78 is 16.5. The molecule has 1 fully saturated rings. The molecule has 5 heteroatoms. The second-order valence-electron chi connectivity index (χ2n) is 12.4. The topological polar surface area (TPSA) is 48.0 Å². The van der Waals surface area contributed by atoms with Crippen molar-refractivity contribution >= 4 is 6.29 Å². The van der Waals surface area contributed by atoms with Crippen LogP contribution in [-0.2, 0) is 17.6 Å². The number of unbranched alkanes of at least 4 members (excludes halogenated alkanes) is 2. The van der Waals surface area contributed by atoms with Crippen LogP contribution in [-0.4, -0.2) is 38.2 Å². The fourth-order valence-corrected chi connectivity index (χ4v) is 5.71. The maximum atomic E-state index is 11.2. The predicted molar refractivity (Wildman–Crippen MR) is 194 cm³/mol. The number of aryl methyl sites for hydroxylation is 4. The number of fused-ring (bicyclic) bond motifs is 1. The summed E-state index contributed by atoms with van der Waals surface area (Å²) in [5, 5.41) is 0. The smallest absolute Gasteiger partial charge is 0.231 e. The Morgan fingerprint density at radius 1 is 0.783 bits per heavy atom. The number of hydrogen-bond donors (Lipinski definition) is 0. The Labute approximate surface area is 280 Å². The highest BCUT2D eigenvalue weighted by Crippen LogP contribution is 2.47. The van der Waals surface area contributed by atoms with E-state index in [9.17, 15) is 4.79 Å². The Hall–Kier alpha value is -3.31. The van der Waals surface area contributed by atoms with E-state index in [1.54, 1.807) is 7.11 Å². The molecule has 3 aromatic carbocycles. The highest BCUT2D eigenvalue weighted by molar-refractivity contribution is 5.56. The summed E-state index contributed by atoms with van der Waals surface area (Å²) in [6, 6.07) is 17.5. The second-order valence-corrected chi connectivity index (χ2v) is 12.4. The summed E-state index contributed by atoms with van der Waals surface area (Å²) in [5.41, 5.74) is 9.56. The number of benzene rings is 3. The van der Waals surface area contributed by atoms with Crippen molar-refractivity contribution in [3.05, 3.63) is 87.5 Å². The van der Waals surface area contributed by atoms with E-state index in [0.29, 0.717) is 24.0 Å². The number of methoxy groups -OCH3 is 1. The van der Waals surface area contributed by atoms with E-state index in [0.717, 1.165) is 43.4 Å². The molecule has 0 radical (unpaired) electrons. The van der Waals surface area contributed by atoms with Gasteiger partial charge in [-0.25, -0.2) is 0 Å². The van der Waals surface area contributed by atoms with Crippen LogP contribution in [0.2, 0.25) is 0 Å². The Bertz CT molecular complexity index is 1280. The lowest BCUT2D eigenvalue weighted by Gasteiger charge is -2.22. The van der Waals surface area contributed by atoms with Gasteiger partial charge < -0.3 is 19.0 Å². The fourth-order valence-electron chi connectivity index (χ4n) is 5.71. The van der Waals surface area contributed by atoms with E-state index in [2.05, 4.69) is 104 Å². The van der Waals surface area contributed by atoms with E-state index in [1.807, 2.05) is 12.1 Å². The van der Waals surface area contributed by atoms with Gasteiger partial charge in [-0.15, -0.1) is 0 Å². The van der Waals surface area contributed by atoms with Gasteiger partial charge in [0, 0.05) is 12.6 Å². The lowest BCUT2D eigenvalue weighted by Crippen LogP contribution is -2.25. The van der Waals surface area contributed by atoms with Gasteiger partial charge in [-0.3, -0.25) is 4.90 Å². The lowest BCUT2D eigenvalue weighted by atomic mass is 9.93. The van der Waals surface area contributed by atoms with Crippen LogP contribution in [0.25, 0.3) is 0 Å². The maximum Gasteiger partial charge on any atom is 0.231 e. The minimum absolute atomic E-state index is 0.225. The van der Waals surface area contributed by atoms with Gasteiger partial charge in [0.15, 0.2) is 11.5 Å². The van der Waals surface area contributed by atoms with Crippen LogP contribution in [0.1, 0.15) is 125 Å². The Kier molecular flexibility index (Phi) is 17.5. The molecular weight excluding hydrogens is 570 g/mol. The zero-order valence-corrected chi connectivity index (χ0v) is 30.5. The minimum Gasteiger partial charge on any atom is -0.493 e. The van der Waals surface area contributed by atoms with Crippen molar-refractivity contribution in [3.63, 3.8) is 0 Å². The molecule has 0 bridgehead atoms. The van der Waals surface area contributed by atoms with Crippen LogP contribution in [0.4, 0.5) is 0 Å². The summed E-state index contributed by atoms with van der Waals surface area (Å²) in [4.78, 5) is 13.4. The molecule has 0 saturated carbocycles. The molecular formula is C41H61NO4. The average Bonchev–Trinajstić information content (AvgIpc) is 3.74. The first-order valence-corrected chi connectivity index (χ1v) is 17.5. The third kappa shape index (κ3) is 11.2. The molecule has 0 amide bonds.